The Bertz CT molecular complexity index is 439. The molecule has 1 saturated carbocycles. The highest BCUT2D eigenvalue weighted by Crippen LogP contribution is 2.43. The molecule has 1 N–H and O–H groups in total. The van der Waals surface area contributed by atoms with Gasteiger partial charge >= 0.3 is 5.97 Å². The monoisotopic (exact) mass is 338 g/mol. The van der Waals surface area contributed by atoms with E-state index in [2.05, 4.69) is 6.58 Å². The van der Waals surface area contributed by atoms with Gasteiger partial charge in [0, 0.05) is 19.1 Å². The molecule has 2 rings (SSSR count). The standard InChI is InChI=1S/C19H30O5/c1-3-12-23-18(21)17-13-16(14-8-5-6-9-14)15(10-7-11-20)19(24-17)22-4-2/h3,13-16,19-20H,1,4-12H2,2H3/t15-,16-,19-/m0/s1. The van der Waals surface area contributed by atoms with Crippen LogP contribution in [0.25, 0.3) is 0 Å². The van der Waals surface area contributed by atoms with E-state index in [1.54, 1.807) is 6.08 Å². The molecule has 1 aliphatic heterocycles. The average molecular weight is 338 g/mol. The molecule has 2 aliphatic rings. The maximum Gasteiger partial charge on any atom is 0.373 e. The van der Waals surface area contributed by atoms with Crippen molar-refractivity contribution in [3.63, 3.8) is 0 Å². The normalized spacial score (nSPS) is 27.4. The number of esters is 1. The number of allylic oxidation sites excluding steroid dienone is 1. The van der Waals surface area contributed by atoms with Crippen molar-refractivity contribution < 1.29 is 24.1 Å². The molecule has 0 radical (unpaired) electrons. The first-order valence-electron chi connectivity index (χ1n) is 9.10. The topological polar surface area (TPSA) is 65.0 Å². The molecule has 0 spiro atoms. The van der Waals surface area contributed by atoms with Crippen LogP contribution in [0.15, 0.2) is 24.5 Å². The van der Waals surface area contributed by atoms with E-state index in [1.165, 1.54) is 25.7 Å². The second-order valence-corrected chi connectivity index (χ2v) is 6.51. The summed E-state index contributed by atoms with van der Waals surface area (Å²) in [6.45, 7) is 6.33. The highest BCUT2D eigenvalue weighted by molar-refractivity contribution is 5.86. The minimum atomic E-state index is -0.455. The van der Waals surface area contributed by atoms with Crippen LogP contribution in [0.4, 0.5) is 0 Å². The molecular weight excluding hydrogens is 308 g/mol. The van der Waals surface area contributed by atoms with Gasteiger partial charge in [-0.15, -0.1) is 0 Å². The molecule has 0 aromatic heterocycles. The molecular formula is C19H30O5. The van der Waals surface area contributed by atoms with Crippen molar-refractivity contribution in [2.75, 3.05) is 19.8 Å². The lowest BCUT2D eigenvalue weighted by Crippen LogP contribution is -2.40. The van der Waals surface area contributed by atoms with Crippen LogP contribution in [0.2, 0.25) is 0 Å². The van der Waals surface area contributed by atoms with Gasteiger partial charge in [-0.2, -0.15) is 0 Å². The molecule has 0 aromatic rings. The first-order valence-corrected chi connectivity index (χ1v) is 9.10. The van der Waals surface area contributed by atoms with Gasteiger partial charge in [0.25, 0.3) is 0 Å². The Morgan fingerprint density at radius 1 is 1.46 bits per heavy atom. The summed E-state index contributed by atoms with van der Waals surface area (Å²) in [5.41, 5.74) is 0. The van der Waals surface area contributed by atoms with Gasteiger partial charge in [-0.3, -0.25) is 0 Å². The van der Waals surface area contributed by atoms with Gasteiger partial charge in [0.1, 0.15) is 6.61 Å². The maximum absolute atomic E-state index is 12.2. The van der Waals surface area contributed by atoms with E-state index in [1.807, 2.05) is 13.0 Å². The number of rotatable bonds is 9. The van der Waals surface area contributed by atoms with Gasteiger partial charge in [-0.1, -0.05) is 25.5 Å². The van der Waals surface area contributed by atoms with E-state index < -0.39 is 12.3 Å². The first kappa shape index (κ1) is 19.0. The van der Waals surface area contributed by atoms with Crippen LogP contribution >= 0.6 is 0 Å². The number of aliphatic hydroxyl groups is 1. The average Bonchev–Trinajstić information content (AvgIpc) is 3.12. The van der Waals surface area contributed by atoms with E-state index in [0.717, 1.165) is 6.42 Å². The van der Waals surface area contributed by atoms with Crippen molar-refractivity contribution in [2.45, 2.75) is 51.7 Å². The fraction of sp³-hybridized carbons (Fsp3) is 0.737. The molecule has 0 aromatic carbocycles. The predicted molar refractivity (Wildman–Crippen MR) is 91.0 cm³/mol. The molecule has 0 saturated heterocycles. The number of ether oxygens (including phenoxy) is 3. The smallest absolute Gasteiger partial charge is 0.373 e. The Kier molecular flexibility index (Phi) is 7.79. The number of hydrogen-bond donors (Lipinski definition) is 1. The molecule has 1 aliphatic carbocycles. The van der Waals surface area contributed by atoms with E-state index in [0.29, 0.717) is 18.9 Å². The molecule has 0 amide bonds. The van der Waals surface area contributed by atoms with Crippen molar-refractivity contribution in [2.24, 2.45) is 17.8 Å². The van der Waals surface area contributed by atoms with Crippen molar-refractivity contribution in [3.05, 3.63) is 24.5 Å². The van der Waals surface area contributed by atoms with Crippen LogP contribution in [0.5, 0.6) is 0 Å². The van der Waals surface area contributed by atoms with Gasteiger partial charge in [-0.25, -0.2) is 4.79 Å². The SMILES string of the molecule is C=CCOC(=O)C1=C[C@@H](C2CCCC2)[C@H](CCCO)[C@@H](OCC)O1. The lowest BCUT2D eigenvalue weighted by molar-refractivity contribution is -0.183. The van der Waals surface area contributed by atoms with Crippen LogP contribution < -0.4 is 0 Å². The third-order valence-corrected chi connectivity index (χ3v) is 4.94. The van der Waals surface area contributed by atoms with Crippen molar-refractivity contribution >= 4 is 5.97 Å². The third kappa shape index (κ3) is 4.84. The molecule has 1 heterocycles. The lowest BCUT2D eigenvalue weighted by Gasteiger charge is -2.39. The summed E-state index contributed by atoms with van der Waals surface area (Å²) in [5.74, 6) is 0.741. The summed E-state index contributed by atoms with van der Waals surface area (Å²) >= 11 is 0. The van der Waals surface area contributed by atoms with Gasteiger partial charge in [0.2, 0.25) is 12.0 Å². The molecule has 0 unspecified atom stereocenters. The first-order chi connectivity index (χ1) is 11.7. The Morgan fingerprint density at radius 3 is 2.83 bits per heavy atom. The number of hydrogen-bond acceptors (Lipinski definition) is 5. The van der Waals surface area contributed by atoms with Crippen LogP contribution in [-0.2, 0) is 19.0 Å². The van der Waals surface area contributed by atoms with Crippen LogP contribution in [0.1, 0.15) is 45.4 Å². The summed E-state index contributed by atoms with van der Waals surface area (Å²) in [6, 6.07) is 0. The minimum Gasteiger partial charge on any atom is -0.457 e. The predicted octanol–water partition coefficient (Wildman–Crippen LogP) is 3.19. The quantitative estimate of drug-likeness (QED) is 0.517. The molecule has 5 heteroatoms. The Morgan fingerprint density at radius 2 is 2.21 bits per heavy atom. The Labute approximate surface area is 144 Å². The number of carbonyl (C=O) groups excluding carboxylic acids is 1. The van der Waals surface area contributed by atoms with Crippen molar-refractivity contribution in [1.29, 1.82) is 0 Å². The van der Waals surface area contributed by atoms with Crippen LogP contribution in [0, 0.1) is 17.8 Å². The van der Waals surface area contributed by atoms with Gasteiger partial charge in [-0.05, 0) is 50.5 Å². The second-order valence-electron chi connectivity index (χ2n) is 6.51. The Balaban J connectivity index is 2.21. The lowest BCUT2D eigenvalue weighted by atomic mass is 9.76. The van der Waals surface area contributed by atoms with E-state index in [-0.39, 0.29) is 30.8 Å². The number of carbonyl (C=O) groups is 1. The zero-order valence-corrected chi connectivity index (χ0v) is 14.6. The highest BCUT2D eigenvalue weighted by atomic mass is 16.7. The summed E-state index contributed by atoms with van der Waals surface area (Å²) in [7, 11) is 0. The number of aliphatic hydroxyl groups excluding tert-OH is 1. The van der Waals surface area contributed by atoms with Crippen molar-refractivity contribution in [3.8, 4) is 0 Å². The summed E-state index contributed by atoms with van der Waals surface area (Å²) in [4.78, 5) is 12.2. The zero-order valence-electron chi connectivity index (χ0n) is 14.6. The highest BCUT2D eigenvalue weighted by Gasteiger charge is 2.41. The van der Waals surface area contributed by atoms with Gasteiger partial charge in [0.15, 0.2) is 0 Å². The minimum absolute atomic E-state index is 0.157. The van der Waals surface area contributed by atoms with Gasteiger partial charge in [0.05, 0.1) is 0 Å². The largest absolute Gasteiger partial charge is 0.457 e. The summed E-state index contributed by atoms with van der Waals surface area (Å²) in [5, 5.41) is 9.22. The molecule has 136 valence electrons. The van der Waals surface area contributed by atoms with E-state index in [4.69, 9.17) is 14.2 Å². The van der Waals surface area contributed by atoms with Crippen LogP contribution in [-0.4, -0.2) is 37.2 Å². The van der Waals surface area contributed by atoms with Crippen molar-refractivity contribution in [1.82, 2.24) is 0 Å². The van der Waals surface area contributed by atoms with Gasteiger partial charge < -0.3 is 19.3 Å². The molecule has 5 nitrogen and oxygen atoms in total. The molecule has 24 heavy (non-hydrogen) atoms. The molecule has 1 fully saturated rings. The van der Waals surface area contributed by atoms with Crippen LogP contribution in [0.3, 0.4) is 0 Å². The zero-order chi connectivity index (χ0) is 17.4. The summed E-state index contributed by atoms with van der Waals surface area (Å²) in [6.07, 6.45) is 9.38. The van der Waals surface area contributed by atoms with E-state index >= 15 is 0 Å². The Hall–Kier alpha value is -1.33. The molecule has 3 atom stereocenters. The fourth-order valence-corrected chi connectivity index (χ4v) is 3.86. The second kappa shape index (κ2) is 9.84. The third-order valence-electron chi connectivity index (χ3n) is 4.94. The fourth-order valence-electron chi connectivity index (χ4n) is 3.86. The van der Waals surface area contributed by atoms with E-state index in [9.17, 15) is 9.90 Å². The maximum atomic E-state index is 12.2. The molecule has 0 bridgehead atoms. The summed E-state index contributed by atoms with van der Waals surface area (Å²) < 4.78 is 16.8.